The quantitative estimate of drug-likeness (QED) is 0.0966. The predicted molar refractivity (Wildman–Crippen MR) is 171 cm³/mol. The number of thioether (sulfide) groups is 1. The second-order valence-corrected chi connectivity index (χ2v) is 12.3. The van der Waals surface area contributed by atoms with Gasteiger partial charge in [-0.2, -0.15) is 0 Å². The van der Waals surface area contributed by atoms with Crippen LogP contribution in [0.4, 0.5) is 0 Å². The molecule has 0 bridgehead atoms. The van der Waals surface area contributed by atoms with Crippen LogP contribution < -0.4 is 10.5 Å². The monoisotopic (exact) mass is 581 g/mol. The first-order valence-corrected chi connectivity index (χ1v) is 15.9. The first kappa shape index (κ1) is 29.0. The fourth-order valence-corrected chi connectivity index (χ4v) is 7.54. The maximum absolute atomic E-state index is 12.5. The molecule has 3 aromatic carbocycles. The largest absolute Gasteiger partial charge is 0.494 e. The highest BCUT2D eigenvalue weighted by molar-refractivity contribution is 8.01. The van der Waals surface area contributed by atoms with E-state index < -0.39 is 5.41 Å². The van der Waals surface area contributed by atoms with Gasteiger partial charge in [0, 0.05) is 18.5 Å². The molecule has 210 valence electrons. The third kappa shape index (κ3) is 6.53. The standard InChI is InChI=1S/C28H27NO2S2.C6H8N2/c1-2-31-20-14-15-25-26(18-20)33-27(29-25)32-17-9-3-8-16-28(19-30)23-12-6-4-10-21(23)22-11-5-7-13-24(22)28;7-5-6-3-1-2-4-8-6/h4-7,10-15,18-19H,2-3,8-9,16-17H2,1H3;1-4H,5,7H2. The van der Waals surface area contributed by atoms with E-state index in [4.69, 9.17) is 15.5 Å². The van der Waals surface area contributed by atoms with E-state index in [1.165, 1.54) is 22.1 Å². The van der Waals surface area contributed by atoms with Crippen molar-refractivity contribution in [3.8, 4) is 16.9 Å². The summed E-state index contributed by atoms with van der Waals surface area (Å²) in [4.78, 5) is 21.2. The van der Waals surface area contributed by atoms with Gasteiger partial charge in [0.25, 0.3) is 0 Å². The molecule has 0 spiro atoms. The number of hydrogen-bond donors (Lipinski definition) is 1. The third-order valence-corrected chi connectivity index (χ3v) is 9.58. The fourth-order valence-electron chi connectivity index (χ4n) is 5.38. The van der Waals surface area contributed by atoms with Gasteiger partial charge in [0.1, 0.15) is 12.0 Å². The second kappa shape index (κ2) is 13.9. The number of aromatic nitrogens is 2. The number of rotatable bonds is 11. The molecule has 5 nitrogen and oxygen atoms in total. The summed E-state index contributed by atoms with van der Waals surface area (Å²) in [6.07, 6.45) is 7.03. The SMILES string of the molecule is CCOc1ccc2nc(SCCCCCC3(C=O)c4ccccc4-c4ccccc43)sc2c1.NCc1ccccn1. The fraction of sp³-hybridized carbons (Fsp3) is 0.265. The van der Waals surface area contributed by atoms with Gasteiger partial charge in [0.05, 0.1) is 27.9 Å². The van der Waals surface area contributed by atoms with Crippen LogP contribution in [0.5, 0.6) is 5.75 Å². The highest BCUT2D eigenvalue weighted by Crippen LogP contribution is 2.50. The summed E-state index contributed by atoms with van der Waals surface area (Å²) in [6, 6.07) is 28.6. The first-order valence-electron chi connectivity index (χ1n) is 14.1. The number of fused-ring (bicyclic) bond motifs is 4. The molecule has 6 rings (SSSR count). The number of pyridine rings is 1. The van der Waals surface area contributed by atoms with Crippen molar-refractivity contribution >= 4 is 39.6 Å². The van der Waals surface area contributed by atoms with Crippen molar-refractivity contribution in [3.63, 3.8) is 0 Å². The lowest BCUT2D eigenvalue weighted by Gasteiger charge is -2.25. The normalized spacial score (nSPS) is 12.7. The molecule has 7 heteroatoms. The minimum absolute atomic E-state index is 0.508. The Morgan fingerprint density at radius 1 is 0.927 bits per heavy atom. The molecular weight excluding hydrogens is 547 g/mol. The lowest BCUT2D eigenvalue weighted by atomic mass is 9.75. The van der Waals surface area contributed by atoms with Gasteiger partial charge in [-0.15, -0.1) is 11.3 Å². The number of carbonyl (C=O) groups excluding carboxylic acids is 1. The van der Waals surface area contributed by atoms with Crippen LogP contribution >= 0.6 is 23.1 Å². The number of unbranched alkanes of at least 4 members (excludes halogenated alkanes) is 2. The molecule has 0 saturated heterocycles. The number of nitrogens with two attached hydrogens (primary N) is 1. The Morgan fingerprint density at radius 3 is 2.29 bits per heavy atom. The van der Waals surface area contributed by atoms with Crippen molar-refractivity contribution in [2.24, 2.45) is 5.73 Å². The van der Waals surface area contributed by atoms with Gasteiger partial charge in [0.2, 0.25) is 0 Å². The molecule has 1 aliphatic carbocycles. The van der Waals surface area contributed by atoms with Gasteiger partial charge in [-0.3, -0.25) is 4.98 Å². The number of nitrogens with zero attached hydrogens (tertiary/aromatic N) is 2. The van der Waals surface area contributed by atoms with Crippen molar-refractivity contribution < 1.29 is 9.53 Å². The minimum atomic E-state index is -0.508. The van der Waals surface area contributed by atoms with Gasteiger partial charge in [-0.1, -0.05) is 79.2 Å². The Morgan fingerprint density at radius 2 is 1.66 bits per heavy atom. The second-order valence-electron chi connectivity index (χ2n) is 9.91. The molecule has 0 amide bonds. The number of ether oxygens (including phenoxy) is 1. The van der Waals surface area contributed by atoms with Gasteiger partial charge in [0.15, 0.2) is 4.34 Å². The third-order valence-electron chi connectivity index (χ3n) is 7.33. The lowest BCUT2D eigenvalue weighted by Crippen LogP contribution is -2.27. The Hall–Kier alpha value is -3.52. The van der Waals surface area contributed by atoms with Crippen molar-refractivity contribution in [1.82, 2.24) is 9.97 Å². The predicted octanol–water partition coefficient (Wildman–Crippen LogP) is 8.05. The molecule has 0 atom stereocenters. The Bertz CT molecular complexity index is 1540. The highest BCUT2D eigenvalue weighted by atomic mass is 32.2. The first-order chi connectivity index (χ1) is 20.2. The molecule has 2 aromatic heterocycles. The molecule has 41 heavy (non-hydrogen) atoms. The van der Waals surface area contributed by atoms with Crippen LogP contribution in [0, 0.1) is 0 Å². The van der Waals surface area contributed by atoms with E-state index in [0.29, 0.717) is 13.2 Å². The molecule has 0 fully saturated rings. The van der Waals surface area contributed by atoms with Crippen LogP contribution in [-0.2, 0) is 16.8 Å². The summed E-state index contributed by atoms with van der Waals surface area (Å²) in [5.74, 6) is 1.95. The lowest BCUT2D eigenvalue weighted by molar-refractivity contribution is -0.111. The van der Waals surface area contributed by atoms with Gasteiger partial charge < -0.3 is 15.3 Å². The van der Waals surface area contributed by atoms with Crippen LogP contribution in [0.25, 0.3) is 21.3 Å². The summed E-state index contributed by atoms with van der Waals surface area (Å²) in [6.45, 7) is 3.20. The number of aldehydes is 1. The molecule has 2 heterocycles. The van der Waals surface area contributed by atoms with E-state index in [9.17, 15) is 4.79 Å². The average Bonchev–Trinajstić information content (AvgIpc) is 3.56. The molecule has 0 radical (unpaired) electrons. The summed E-state index contributed by atoms with van der Waals surface area (Å²) < 4.78 is 7.89. The summed E-state index contributed by atoms with van der Waals surface area (Å²) in [5.41, 5.74) is 11.5. The molecule has 2 N–H and O–H groups in total. The molecule has 5 aromatic rings. The zero-order valence-corrected chi connectivity index (χ0v) is 24.9. The van der Waals surface area contributed by atoms with Crippen LogP contribution in [-0.4, -0.2) is 28.6 Å². The van der Waals surface area contributed by atoms with Crippen LogP contribution in [0.15, 0.2) is 95.5 Å². The molecular formula is C34H35N3O2S2. The van der Waals surface area contributed by atoms with Crippen molar-refractivity contribution in [3.05, 3.63) is 108 Å². The Labute approximate surface area is 250 Å². The van der Waals surface area contributed by atoms with Crippen LogP contribution in [0.1, 0.15) is 49.4 Å². The van der Waals surface area contributed by atoms with E-state index in [1.54, 1.807) is 17.5 Å². The van der Waals surface area contributed by atoms with E-state index in [-0.39, 0.29) is 0 Å². The van der Waals surface area contributed by atoms with E-state index in [1.807, 2.05) is 49.0 Å². The number of benzene rings is 3. The van der Waals surface area contributed by atoms with Gasteiger partial charge >= 0.3 is 0 Å². The molecule has 0 aliphatic heterocycles. The Balaban J connectivity index is 0.000000365. The maximum Gasteiger partial charge on any atom is 0.151 e. The Kier molecular flexibility index (Phi) is 9.83. The number of carbonyl (C=O) groups is 1. The number of thiazole rings is 1. The molecule has 1 aliphatic rings. The van der Waals surface area contributed by atoms with Gasteiger partial charge in [-0.05, 0) is 72.4 Å². The smallest absolute Gasteiger partial charge is 0.151 e. The van der Waals surface area contributed by atoms with Gasteiger partial charge in [-0.25, -0.2) is 4.98 Å². The number of hydrogen-bond acceptors (Lipinski definition) is 7. The van der Waals surface area contributed by atoms with Crippen molar-refractivity contribution in [2.75, 3.05) is 12.4 Å². The maximum atomic E-state index is 12.5. The van der Waals surface area contributed by atoms with E-state index in [0.717, 1.165) is 63.9 Å². The van der Waals surface area contributed by atoms with Crippen molar-refractivity contribution in [2.45, 2.75) is 48.9 Å². The minimum Gasteiger partial charge on any atom is -0.494 e. The highest BCUT2D eigenvalue weighted by Gasteiger charge is 2.42. The zero-order valence-electron chi connectivity index (χ0n) is 23.3. The zero-order chi connectivity index (χ0) is 28.5. The summed E-state index contributed by atoms with van der Waals surface area (Å²) in [5, 5.41) is 0. The van der Waals surface area contributed by atoms with E-state index >= 15 is 0 Å². The van der Waals surface area contributed by atoms with Crippen LogP contribution in [0.2, 0.25) is 0 Å². The summed E-state index contributed by atoms with van der Waals surface area (Å²) >= 11 is 3.56. The summed E-state index contributed by atoms with van der Waals surface area (Å²) in [7, 11) is 0. The average molecular weight is 582 g/mol. The topological polar surface area (TPSA) is 78.1 Å². The van der Waals surface area contributed by atoms with Crippen molar-refractivity contribution in [1.29, 1.82) is 0 Å². The van der Waals surface area contributed by atoms with E-state index in [2.05, 4.69) is 59.6 Å². The van der Waals surface area contributed by atoms with Crippen LogP contribution in [0.3, 0.4) is 0 Å². The molecule has 0 unspecified atom stereocenters. The molecule has 0 saturated carbocycles.